The number of carbonyl (C=O) groups is 2. The lowest BCUT2D eigenvalue weighted by Gasteiger charge is -2.07. The monoisotopic (exact) mass is 347 g/mol. The second-order valence-electron chi connectivity index (χ2n) is 5.99. The third-order valence-corrected chi connectivity index (χ3v) is 5.06. The van der Waals surface area contributed by atoms with E-state index in [2.05, 4.69) is 15.6 Å². The Morgan fingerprint density at radius 1 is 1.42 bits per heavy atom. The van der Waals surface area contributed by atoms with Crippen LogP contribution in [0.25, 0.3) is 0 Å². The number of thioether (sulfide) groups is 1. The van der Waals surface area contributed by atoms with E-state index in [1.54, 1.807) is 0 Å². The average molecular weight is 347 g/mol. The Morgan fingerprint density at radius 2 is 2.21 bits per heavy atom. The molecule has 2 heterocycles. The molecule has 2 aliphatic rings. The van der Waals surface area contributed by atoms with E-state index < -0.39 is 5.25 Å². The van der Waals surface area contributed by atoms with Gasteiger partial charge in [0.15, 0.2) is 5.17 Å². The molecule has 0 spiro atoms. The summed E-state index contributed by atoms with van der Waals surface area (Å²) >= 11 is 1.32. The van der Waals surface area contributed by atoms with Gasteiger partial charge in [0.25, 0.3) is 0 Å². The highest BCUT2D eigenvalue weighted by atomic mass is 32.2. The van der Waals surface area contributed by atoms with Crippen LogP contribution in [0.4, 0.5) is 5.69 Å². The van der Waals surface area contributed by atoms with Gasteiger partial charge in [-0.15, -0.1) is 0 Å². The molecule has 2 aliphatic heterocycles. The molecular formula is C17H21N3O3S. The third-order valence-electron chi connectivity index (χ3n) is 3.95. The first-order chi connectivity index (χ1) is 11.6. The highest BCUT2D eigenvalue weighted by Gasteiger charge is 2.32. The van der Waals surface area contributed by atoms with Gasteiger partial charge in [0.2, 0.25) is 11.8 Å². The Bertz CT molecular complexity index is 639. The Kier molecular flexibility index (Phi) is 5.52. The molecule has 24 heavy (non-hydrogen) atoms. The van der Waals surface area contributed by atoms with Crippen LogP contribution >= 0.6 is 11.8 Å². The van der Waals surface area contributed by atoms with Gasteiger partial charge < -0.3 is 15.4 Å². The largest absolute Gasteiger partial charge is 0.376 e. The summed E-state index contributed by atoms with van der Waals surface area (Å²) in [5.74, 6) is -0.336. The summed E-state index contributed by atoms with van der Waals surface area (Å²) < 4.78 is 5.51. The first kappa shape index (κ1) is 17.0. The number of aliphatic imine (C=N–C) groups is 1. The number of nitrogens with one attached hydrogen (secondary N) is 2. The molecule has 2 saturated heterocycles. The van der Waals surface area contributed by atoms with E-state index in [0.29, 0.717) is 11.7 Å². The van der Waals surface area contributed by atoms with Gasteiger partial charge in [-0.3, -0.25) is 14.6 Å². The van der Waals surface area contributed by atoms with Crippen molar-refractivity contribution < 1.29 is 14.3 Å². The topological polar surface area (TPSA) is 79.8 Å². The fourth-order valence-electron chi connectivity index (χ4n) is 2.61. The number of hydrogen-bond donors (Lipinski definition) is 2. The van der Waals surface area contributed by atoms with Crippen LogP contribution in [0.2, 0.25) is 0 Å². The van der Waals surface area contributed by atoms with Crippen molar-refractivity contribution in [2.45, 2.75) is 37.5 Å². The summed E-state index contributed by atoms with van der Waals surface area (Å²) in [4.78, 5) is 28.5. The second kappa shape index (κ2) is 7.81. The predicted molar refractivity (Wildman–Crippen MR) is 95.2 cm³/mol. The van der Waals surface area contributed by atoms with Gasteiger partial charge >= 0.3 is 0 Å². The van der Waals surface area contributed by atoms with E-state index in [-0.39, 0.29) is 24.3 Å². The number of ether oxygens (including phenoxy) is 1. The third kappa shape index (κ3) is 4.58. The number of carbonyl (C=O) groups excluding carboxylic acids is 2. The van der Waals surface area contributed by atoms with Gasteiger partial charge in [-0.1, -0.05) is 29.5 Å². The number of amides is 2. The van der Waals surface area contributed by atoms with Gasteiger partial charge in [-0.25, -0.2) is 0 Å². The molecule has 7 heteroatoms. The number of benzene rings is 1. The SMILES string of the molecule is Cc1ccc(NC(=O)C[C@H]2SC(=NC[C@H]3CCCO3)NC2=O)cc1. The maximum Gasteiger partial charge on any atom is 0.240 e. The van der Waals surface area contributed by atoms with Crippen LogP contribution in [-0.2, 0) is 14.3 Å². The number of amidine groups is 1. The van der Waals surface area contributed by atoms with Crippen LogP contribution in [0.15, 0.2) is 29.3 Å². The Hall–Kier alpha value is -1.86. The fraction of sp³-hybridized carbons (Fsp3) is 0.471. The molecule has 2 N–H and O–H groups in total. The Morgan fingerprint density at radius 3 is 2.92 bits per heavy atom. The highest BCUT2D eigenvalue weighted by molar-refractivity contribution is 8.15. The maximum atomic E-state index is 12.1. The molecule has 1 aromatic rings. The number of hydrogen-bond acceptors (Lipinski definition) is 5. The lowest BCUT2D eigenvalue weighted by molar-refractivity contribution is -0.122. The zero-order chi connectivity index (χ0) is 16.9. The average Bonchev–Trinajstić information content (AvgIpc) is 3.18. The van der Waals surface area contributed by atoms with Gasteiger partial charge in [0, 0.05) is 18.7 Å². The summed E-state index contributed by atoms with van der Waals surface area (Å²) in [5, 5.41) is 5.71. The van der Waals surface area contributed by atoms with Crippen LogP contribution in [0.1, 0.15) is 24.8 Å². The van der Waals surface area contributed by atoms with Crippen molar-refractivity contribution in [2.24, 2.45) is 4.99 Å². The number of anilines is 1. The predicted octanol–water partition coefficient (Wildman–Crippen LogP) is 2.09. The molecular weight excluding hydrogens is 326 g/mol. The highest BCUT2D eigenvalue weighted by Crippen LogP contribution is 2.23. The quantitative estimate of drug-likeness (QED) is 0.855. The maximum absolute atomic E-state index is 12.1. The smallest absolute Gasteiger partial charge is 0.240 e. The molecule has 0 bridgehead atoms. The molecule has 0 unspecified atom stereocenters. The molecule has 0 radical (unpaired) electrons. The van der Waals surface area contributed by atoms with E-state index in [9.17, 15) is 9.59 Å². The van der Waals surface area contributed by atoms with Gasteiger partial charge in [-0.05, 0) is 31.9 Å². The molecule has 0 saturated carbocycles. The minimum Gasteiger partial charge on any atom is -0.376 e. The molecule has 1 aromatic carbocycles. The molecule has 2 amide bonds. The van der Waals surface area contributed by atoms with Crippen LogP contribution in [0.5, 0.6) is 0 Å². The summed E-state index contributed by atoms with van der Waals surface area (Å²) in [6, 6.07) is 7.57. The van der Waals surface area contributed by atoms with Gasteiger partial charge in [0.05, 0.1) is 12.6 Å². The van der Waals surface area contributed by atoms with Crippen LogP contribution in [0, 0.1) is 6.92 Å². The standard InChI is InChI=1S/C17H21N3O3S/c1-11-4-6-12(7-5-11)19-15(21)9-14-16(22)20-17(24-14)18-10-13-3-2-8-23-13/h4-7,13-14H,2-3,8-10H2,1H3,(H,19,21)(H,18,20,22)/t13-,14-/m1/s1. The van der Waals surface area contributed by atoms with Gasteiger partial charge in [0.1, 0.15) is 5.25 Å². The molecule has 0 aromatic heterocycles. The lowest BCUT2D eigenvalue weighted by Crippen LogP contribution is -2.28. The molecule has 3 rings (SSSR count). The zero-order valence-electron chi connectivity index (χ0n) is 13.6. The second-order valence-corrected chi connectivity index (χ2v) is 7.19. The van der Waals surface area contributed by atoms with E-state index in [0.717, 1.165) is 30.7 Å². The van der Waals surface area contributed by atoms with Crippen molar-refractivity contribution in [2.75, 3.05) is 18.5 Å². The molecule has 0 aliphatic carbocycles. The summed E-state index contributed by atoms with van der Waals surface area (Å²) in [5.41, 5.74) is 1.87. The molecule has 2 fully saturated rings. The van der Waals surface area contributed by atoms with E-state index in [4.69, 9.17) is 4.74 Å². The molecule has 128 valence electrons. The molecule has 6 nitrogen and oxygen atoms in total. The number of aryl methyl sites for hydroxylation is 1. The Labute approximate surface area is 145 Å². The summed E-state index contributed by atoms with van der Waals surface area (Å²) in [6.07, 6.45) is 2.36. The Balaban J connectivity index is 1.49. The minimum atomic E-state index is -0.432. The van der Waals surface area contributed by atoms with Crippen LogP contribution in [0.3, 0.4) is 0 Å². The van der Waals surface area contributed by atoms with Crippen molar-refractivity contribution in [3.63, 3.8) is 0 Å². The lowest BCUT2D eigenvalue weighted by atomic mass is 10.2. The van der Waals surface area contributed by atoms with Crippen LogP contribution in [-0.4, -0.2) is 41.5 Å². The van der Waals surface area contributed by atoms with E-state index in [1.807, 2.05) is 31.2 Å². The van der Waals surface area contributed by atoms with Gasteiger partial charge in [-0.2, -0.15) is 0 Å². The van der Waals surface area contributed by atoms with Crippen molar-refractivity contribution in [1.29, 1.82) is 0 Å². The van der Waals surface area contributed by atoms with Crippen molar-refractivity contribution in [1.82, 2.24) is 5.32 Å². The fourth-order valence-corrected chi connectivity index (χ4v) is 3.58. The molecule has 2 atom stereocenters. The number of nitrogens with zero attached hydrogens (tertiary/aromatic N) is 1. The van der Waals surface area contributed by atoms with E-state index >= 15 is 0 Å². The van der Waals surface area contributed by atoms with Crippen molar-refractivity contribution >= 4 is 34.4 Å². The first-order valence-electron chi connectivity index (χ1n) is 8.10. The summed E-state index contributed by atoms with van der Waals surface area (Å²) in [7, 11) is 0. The van der Waals surface area contributed by atoms with Crippen molar-refractivity contribution in [3.8, 4) is 0 Å². The van der Waals surface area contributed by atoms with E-state index in [1.165, 1.54) is 11.8 Å². The normalized spacial score (nSPS) is 25.0. The minimum absolute atomic E-state index is 0.128. The zero-order valence-corrected chi connectivity index (χ0v) is 14.4. The van der Waals surface area contributed by atoms with Crippen LogP contribution < -0.4 is 10.6 Å². The van der Waals surface area contributed by atoms with Crippen molar-refractivity contribution in [3.05, 3.63) is 29.8 Å². The summed E-state index contributed by atoms with van der Waals surface area (Å²) in [6.45, 7) is 3.34. The first-order valence-corrected chi connectivity index (χ1v) is 8.98. The number of rotatable bonds is 5.